The van der Waals surface area contributed by atoms with Crippen molar-refractivity contribution in [3.05, 3.63) is 83.2 Å². The Morgan fingerprint density at radius 1 is 1.00 bits per heavy atom. The minimum Gasteiger partial charge on any atom is -0.497 e. The number of amides is 1. The molecule has 35 heavy (non-hydrogen) atoms. The molecule has 4 aromatic rings. The average Bonchev–Trinajstić information content (AvgIpc) is 3.24. The van der Waals surface area contributed by atoms with E-state index in [0.717, 1.165) is 24.3 Å². The zero-order chi connectivity index (χ0) is 24.4. The number of ketones is 1. The molecule has 0 spiro atoms. The van der Waals surface area contributed by atoms with Crippen LogP contribution in [0.5, 0.6) is 5.75 Å². The van der Waals surface area contributed by atoms with Crippen molar-refractivity contribution in [3.8, 4) is 5.75 Å². The van der Waals surface area contributed by atoms with Gasteiger partial charge < -0.3 is 24.1 Å². The number of aryl methyl sites for hydroxylation is 1. The summed E-state index contributed by atoms with van der Waals surface area (Å²) in [5.74, 6) is 1.31. The van der Waals surface area contributed by atoms with E-state index in [1.54, 1.807) is 55.8 Å². The van der Waals surface area contributed by atoms with Crippen LogP contribution in [-0.4, -0.2) is 50.1 Å². The van der Waals surface area contributed by atoms with Gasteiger partial charge in [-0.3, -0.25) is 9.59 Å². The number of aromatic nitrogens is 1. The summed E-state index contributed by atoms with van der Waals surface area (Å²) in [4.78, 5) is 32.4. The van der Waals surface area contributed by atoms with E-state index in [1.165, 1.54) is 0 Å². The number of furan rings is 1. The molecule has 0 aliphatic carbocycles. The Bertz CT molecular complexity index is 1370. The molecule has 0 atom stereocenters. The Hall–Kier alpha value is -4.17. The van der Waals surface area contributed by atoms with E-state index in [2.05, 4.69) is 15.2 Å². The highest BCUT2D eigenvalue weighted by atomic mass is 16.5. The third-order valence-corrected chi connectivity index (χ3v) is 6.10. The van der Waals surface area contributed by atoms with Gasteiger partial charge in [0, 0.05) is 41.5 Å². The Morgan fingerprint density at radius 2 is 1.74 bits per heavy atom. The van der Waals surface area contributed by atoms with Crippen LogP contribution in [0.25, 0.3) is 11.0 Å². The Labute approximate surface area is 202 Å². The summed E-state index contributed by atoms with van der Waals surface area (Å²) in [6, 6.07) is 15.8. The number of fused-ring (bicyclic) bond motifs is 1. The van der Waals surface area contributed by atoms with Gasteiger partial charge in [0.05, 0.1) is 25.9 Å². The number of pyridine rings is 1. The summed E-state index contributed by atoms with van der Waals surface area (Å²) >= 11 is 0. The van der Waals surface area contributed by atoms with E-state index in [9.17, 15) is 9.59 Å². The number of nitrogens with zero attached hydrogens (tertiary/aromatic N) is 2. The predicted octanol–water partition coefficient (Wildman–Crippen LogP) is 4.46. The Balaban J connectivity index is 1.33. The molecule has 2 aromatic carbocycles. The lowest BCUT2D eigenvalue weighted by molar-refractivity contribution is 0.101. The molecule has 1 aliphatic heterocycles. The van der Waals surface area contributed by atoms with Gasteiger partial charge in [-0.15, -0.1) is 0 Å². The zero-order valence-corrected chi connectivity index (χ0v) is 19.5. The average molecular weight is 472 g/mol. The van der Waals surface area contributed by atoms with Crippen molar-refractivity contribution in [2.24, 2.45) is 0 Å². The first kappa shape index (κ1) is 22.6. The molecule has 1 saturated heterocycles. The number of benzene rings is 2. The van der Waals surface area contributed by atoms with Crippen LogP contribution < -0.4 is 15.0 Å². The third-order valence-electron chi connectivity index (χ3n) is 6.10. The fourth-order valence-corrected chi connectivity index (χ4v) is 4.09. The lowest BCUT2D eigenvalue weighted by atomic mass is 10.0. The van der Waals surface area contributed by atoms with Crippen molar-refractivity contribution in [3.63, 3.8) is 0 Å². The Morgan fingerprint density at radius 3 is 2.43 bits per heavy atom. The molecule has 1 aliphatic rings. The molecule has 0 radical (unpaired) electrons. The topological polar surface area (TPSA) is 93.9 Å². The smallest absolute Gasteiger partial charge is 0.257 e. The summed E-state index contributed by atoms with van der Waals surface area (Å²) in [6.07, 6.45) is 1.58. The molecule has 1 N–H and O–H groups in total. The van der Waals surface area contributed by atoms with Gasteiger partial charge in [-0.1, -0.05) is 0 Å². The number of rotatable bonds is 6. The molecule has 2 aromatic heterocycles. The number of ether oxygens (including phenoxy) is 2. The van der Waals surface area contributed by atoms with Crippen LogP contribution in [0.3, 0.4) is 0 Å². The number of methoxy groups -OCH3 is 1. The molecule has 178 valence electrons. The number of carbonyl (C=O) groups excluding carboxylic acids is 2. The van der Waals surface area contributed by atoms with Crippen molar-refractivity contribution in [2.45, 2.75) is 6.92 Å². The van der Waals surface area contributed by atoms with Crippen LogP contribution in [0.1, 0.15) is 32.0 Å². The maximum atomic E-state index is 13.0. The van der Waals surface area contributed by atoms with Crippen molar-refractivity contribution in [1.29, 1.82) is 0 Å². The van der Waals surface area contributed by atoms with Crippen molar-refractivity contribution < 1.29 is 23.5 Å². The molecular formula is C27H25N3O5. The van der Waals surface area contributed by atoms with E-state index in [4.69, 9.17) is 13.9 Å². The lowest BCUT2D eigenvalue weighted by Gasteiger charge is -2.27. The van der Waals surface area contributed by atoms with Gasteiger partial charge in [-0.05, 0) is 61.5 Å². The first-order chi connectivity index (χ1) is 17.0. The molecule has 1 amide bonds. The predicted molar refractivity (Wildman–Crippen MR) is 133 cm³/mol. The van der Waals surface area contributed by atoms with Gasteiger partial charge in [-0.2, -0.15) is 0 Å². The summed E-state index contributed by atoms with van der Waals surface area (Å²) in [5, 5.41) is 3.67. The van der Waals surface area contributed by atoms with Crippen LogP contribution in [0, 0.1) is 6.92 Å². The van der Waals surface area contributed by atoms with Crippen molar-refractivity contribution in [1.82, 2.24) is 4.98 Å². The summed E-state index contributed by atoms with van der Waals surface area (Å²) in [5.41, 5.74) is 2.87. The van der Waals surface area contributed by atoms with E-state index in [-0.39, 0.29) is 17.5 Å². The molecular weight excluding hydrogens is 446 g/mol. The maximum Gasteiger partial charge on any atom is 0.257 e. The maximum absolute atomic E-state index is 13.0. The van der Waals surface area contributed by atoms with Gasteiger partial charge in [0.2, 0.25) is 5.78 Å². The highest BCUT2D eigenvalue weighted by molar-refractivity contribution is 6.11. The SMILES string of the molecule is COc1ccc(C(=O)c2oc3ccc(NC(=O)c4ccc(N5CCOCC5)nc4)cc3c2C)cc1. The molecule has 3 heterocycles. The second-order valence-electron chi connectivity index (χ2n) is 8.28. The van der Waals surface area contributed by atoms with Gasteiger partial charge in [0.15, 0.2) is 5.76 Å². The second-order valence-corrected chi connectivity index (χ2v) is 8.28. The monoisotopic (exact) mass is 471 g/mol. The number of morpholine rings is 1. The van der Waals surface area contributed by atoms with E-state index in [0.29, 0.717) is 46.9 Å². The van der Waals surface area contributed by atoms with Gasteiger partial charge >= 0.3 is 0 Å². The second kappa shape index (κ2) is 9.60. The van der Waals surface area contributed by atoms with E-state index in [1.807, 2.05) is 19.1 Å². The summed E-state index contributed by atoms with van der Waals surface area (Å²) in [6.45, 7) is 4.75. The Kier molecular flexibility index (Phi) is 6.20. The molecule has 8 nitrogen and oxygen atoms in total. The molecule has 0 bridgehead atoms. The highest BCUT2D eigenvalue weighted by Gasteiger charge is 2.20. The minimum absolute atomic E-state index is 0.210. The van der Waals surface area contributed by atoms with Gasteiger partial charge in [0.1, 0.15) is 17.2 Å². The first-order valence-electron chi connectivity index (χ1n) is 11.4. The summed E-state index contributed by atoms with van der Waals surface area (Å²) in [7, 11) is 1.58. The molecule has 5 rings (SSSR count). The summed E-state index contributed by atoms with van der Waals surface area (Å²) < 4.78 is 16.4. The number of carbonyl (C=O) groups is 2. The van der Waals surface area contributed by atoms with Crippen LogP contribution in [-0.2, 0) is 4.74 Å². The van der Waals surface area contributed by atoms with Gasteiger partial charge in [0.25, 0.3) is 5.91 Å². The molecule has 0 saturated carbocycles. The fraction of sp³-hybridized carbons (Fsp3) is 0.222. The third kappa shape index (κ3) is 4.61. The number of hydrogen-bond donors (Lipinski definition) is 1. The minimum atomic E-state index is -0.263. The van der Waals surface area contributed by atoms with Gasteiger partial charge in [-0.25, -0.2) is 4.98 Å². The zero-order valence-electron chi connectivity index (χ0n) is 19.5. The van der Waals surface area contributed by atoms with Crippen molar-refractivity contribution in [2.75, 3.05) is 43.6 Å². The standard InChI is InChI=1S/C27H25N3O5/c1-17-22-15-20(29-27(32)19-5-10-24(28-16-19)30-11-13-34-14-12-30)6-9-23(22)35-26(17)25(31)18-3-7-21(33-2)8-4-18/h3-10,15-16H,11-14H2,1-2H3,(H,29,32). The number of hydrogen-bond acceptors (Lipinski definition) is 7. The van der Waals surface area contributed by atoms with Crippen molar-refractivity contribution >= 4 is 34.2 Å². The normalized spacial score (nSPS) is 13.6. The first-order valence-corrected chi connectivity index (χ1v) is 11.4. The largest absolute Gasteiger partial charge is 0.497 e. The van der Waals surface area contributed by atoms with Crippen LogP contribution in [0.15, 0.2) is 65.2 Å². The highest BCUT2D eigenvalue weighted by Crippen LogP contribution is 2.30. The molecule has 1 fully saturated rings. The quantitative estimate of drug-likeness (QED) is 0.415. The van der Waals surface area contributed by atoms with Crippen LogP contribution >= 0.6 is 0 Å². The van der Waals surface area contributed by atoms with E-state index >= 15 is 0 Å². The lowest BCUT2D eigenvalue weighted by Crippen LogP contribution is -2.36. The molecule has 8 heteroatoms. The fourth-order valence-electron chi connectivity index (χ4n) is 4.09. The van der Waals surface area contributed by atoms with E-state index < -0.39 is 0 Å². The van der Waals surface area contributed by atoms with Crippen LogP contribution in [0.2, 0.25) is 0 Å². The number of nitrogens with one attached hydrogen (secondary N) is 1. The number of anilines is 2. The van der Waals surface area contributed by atoms with Crippen LogP contribution in [0.4, 0.5) is 11.5 Å². The molecule has 0 unspecified atom stereocenters.